The summed E-state index contributed by atoms with van der Waals surface area (Å²) in [6.07, 6.45) is 1.45. The molecular formula is C20H15Cl2FN2O4S. The van der Waals surface area contributed by atoms with E-state index in [1.165, 1.54) is 36.4 Å². The number of carbonyl (C=O) groups is 3. The molecule has 0 bridgehead atoms. The Morgan fingerprint density at radius 3 is 2.60 bits per heavy atom. The Morgan fingerprint density at radius 2 is 1.93 bits per heavy atom. The summed E-state index contributed by atoms with van der Waals surface area (Å²) in [7, 11) is 0. The average molecular weight is 469 g/mol. The topological polar surface area (TPSA) is 75.7 Å². The van der Waals surface area contributed by atoms with Crippen LogP contribution in [0, 0.1) is 5.82 Å². The summed E-state index contributed by atoms with van der Waals surface area (Å²) in [5.41, 5.74) is 0.787. The molecule has 156 valence electrons. The van der Waals surface area contributed by atoms with Crippen LogP contribution in [0.3, 0.4) is 0 Å². The number of thioether (sulfide) groups is 1. The normalized spacial score (nSPS) is 15.1. The van der Waals surface area contributed by atoms with Crippen molar-refractivity contribution in [1.29, 1.82) is 0 Å². The molecule has 3 rings (SSSR count). The fourth-order valence-electron chi connectivity index (χ4n) is 2.64. The molecule has 1 aliphatic heterocycles. The van der Waals surface area contributed by atoms with Crippen LogP contribution in [0.25, 0.3) is 6.08 Å². The number of halogens is 3. The second-order valence-electron chi connectivity index (χ2n) is 6.06. The molecule has 2 aromatic rings. The maximum Gasteiger partial charge on any atom is 0.294 e. The van der Waals surface area contributed by atoms with E-state index in [0.717, 1.165) is 4.90 Å². The maximum atomic E-state index is 13.0. The van der Waals surface area contributed by atoms with Gasteiger partial charge in [0, 0.05) is 16.3 Å². The second-order valence-corrected chi connectivity index (χ2v) is 7.90. The van der Waals surface area contributed by atoms with Crippen molar-refractivity contribution in [2.24, 2.45) is 0 Å². The van der Waals surface area contributed by atoms with Gasteiger partial charge >= 0.3 is 0 Å². The SMILES string of the molecule is CCOc1c(Cl)cc(Cl)cc1/C=C1\SC(=O)N(CC(=O)Nc2ccc(F)cc2)C1=O. The van der Waals surface area contributed by atoms with E-state index in [-0.39, 0.29) is 9.93 Å². The summed E-state index contributed by atoms with van der Waals surface area (Å²) >= 11 is 12.9. The van der Waals surface area contributed by atoms with Crippen LogP contribution in [-0.2, 0) is 9.59 Å². The Kier molecular flexibility index (Phi) is 7.02. The fraction of sp³-hybridized carbons (Fsp3) is 0.150. The van der Waals surface area contributed by atoms with Crippen LogP contribution in [0.15, 0.2) is 41.3 Å². The van der Waals surface area contributed by atoms with E-state index in [1.54, 1.807) is 13.0 Å². The summed E-state index contributed by atoms with van der Waals surface area (Å²) in [4.78, 5) is 38.1. The molecule has 30 heavy (non-hydrogen) atoms. The third-order valence-electron chi connectivity index (χ3n) is 3.92. The van der Waals surface area contributed by atoms with Crippen molar-refractivity contribution >= 4 is 63.8 Å². The van der Waals surface area contributed by atoms with Gasteiger partial charge in [-0.2, -0.15) is 0 Å². The molecule has 0 saturated carbocycles. The molecule has 3 amide bonds. The smallest absolute Gasteiger partial charge is 0.294 e. The third kappa shape index (κ3) is 5.13. The third-order valence-corrected chi connectivity index (χ3v) is 5.32. The minimum absolute atomic E-state index is 0.105. The van der Waals surface area contributed by atoms with Crippen molar-refractivity contribution in [3.05, 3.63) is 62.7 Å². The lowest BCUT2D eigenvalue weighted by atomic mass is 10.1. The first kappa shape index (κ1) is 22.1. The number of amides is 3. The minimum Gasteiger partial charge on any atom is -0.492 e. The number of benzene rings is 2. The molecule has 1 saturated heterocycles. The Morgan fingerprint density at radius 1 is 1.23 bits per heavy atom. The zero-order valence-electron chi connectivity index (χ0n) is 15.6. The van der Waals surface area contributed by atoms with Crippen molar-refractivity contribution in [2.75, 3.05) is 18.5 Å². The Labute approximate surface area is 186 Å². The fourth-order valence-corrected chi connectivity index (χ4v) is 4.03. The predicted octanol–water partition coefficient (Wildman–Crippen LogP) is 5.21. The van der Waals surface area contributed by atoms with Gasteiger partial charge in [-0.1, -0.05) is 23.2 Å². The largest absolute Gasteiger partial charge is 0.492 e. The van der Waals surface area contributed by atoms with Crippen LogP contribution in [0.2, 0.25) is 10.0 Å². The number of ether oxygens (including phenoxy) is 1. The average Bonchev–Trinajstić information content (AvgIpc) is 2.94. The van der Waals surface area contributed by atoms with Gasteiger partial charge in [0.15, 0.2) is 0 Å². The molecule has 1 aliphatic rings. The highest BCUT2D eigenvalue weighted by Crippen LogP contribution is 2.38. The lowest BCUT2D eigenvalue weighted by molar-refractivity contribution is -0.127. The first-order valence-electron chi connectivity index (χ1n) is 8.71. The molecular weight excluding hydrogens is 454 g/mol. The lowest BCUT2D eigenvalue weighted by Gasteiger charge is -2.13. The second kappa shape index (κ2) is 9.51. The molecule has 1 N–H and O–H groups in total. The van der Waals surface area contributed by atoms with Gasteiger partial charge in [0.2, 0.25) is 5.91 Å². The highest BCUT2D eigenvalue weighted by Gasteiger charge is 2.36. The molecule has 0 atom stereocenters. The monoisotopic (exact) mass is 468 g/mol. The number of carbonyl (C=O) groups excluding carboxylic acids is 3. The first-order valence-corrected chi connectivity index (χ1v) is 10.3. The Hall–Kier alpha value is -2.55. The summed E-state index contributed by atoms with van der Waals surface area (Å²) < 4.78 is 18.5. The number of nitrogens with one attached hydrogen (secondary N) is 1. The van der Waals surface area contributed by atoms with Gasteiger partial charge in [-0.25, -0.2) is 4.39 Å². The molecule has 0 unspecified atom stereocenters. The van der Waals surface area contributed by atoms with Crippen molar-refractivity contribution < 1.29 is 23.5 Å². The first-order chi connectivity index (χ1) is 14.3. The van der Waals surface area contributed by atoms with E-state index in [0.29, 0.717) is 40.4 Å². The van der Waals surface area contributed by atoms with Gasteiger partial charge in [0.25, 0.3) is 11.1 Å². The van der Waals surface area contributed by atoms with E-state index in [4.69, 9.17) is 27.9 Å². The molecule has 2 aromatic carbocycles. The molecule has 1 heterocycles. The molecule has 0 spiro atoms. The number of imide groups is 1. The van der Waals surface area contributed by atoms with Crippen molar-refractivity contribution in [1.82, 2.24) is 4.90 Å². The zero-order chi connectivity index (χ0) is 21.8. The van der Waals surface area contributed by atoms with E-state index in [9.17, 15) is 18.8 Å². The van der Waals surface area contributed by atoms with Crippen LogP contribution in [-0.4, -0.2) is 35.1 Å². The van der Waals surface area contributed by atoms with Crippen molar-refractivity contribution in [3.8, 4) is 5.75 Å². The van der Waals surface area contributed by atoms with Crippen molar-refractivity contribution in [2.45, 2.75) is 6.92 Å². The van der Waals surface area contributed by atoms with E-state index < -0.39 is 29.4 Å². The van der Waals surface area contributed by atoms with Crippen LogP contribution in [0.5, 0.6) is 5.75 Å². The Bertz CT molecular complexity index is 1040. The Balaban J connectivity index is 1.78. The summed E-state index contributed by atoms with van der Waals surface area (Å²) in [6.45, 7) is 1.64. The quantitative estimate of drug-likeness (QED) is 0.589. The number of hydrogen-bond acceptors (Lipinski definition) is 5. The summed E-state index contributed by atoms with van der Waals surface area (Å²) in [5.74, 6) is -1.33. The molecule has 1 fully saturated rings. The van der Waals surface area contributed by atoms with Gasteiger partial charge in [-0.3, -0.25) is 19.3 Å². The van der Waals surface area contributed by atoms with E-state index in [2.05, 4.69) is 5.32 Å². The summed E-state index contributed by atoms with van der Waals surface area (Å²) in [6, 6.07) is 8.19. The van der Waals surface area contributed by atoms with Crippen molar-refractivity contribution in [3.63, 3.8) is 0 Å². The molecule has 6 nitrogen and oxygen atoms in total. The molecule has 0 aliphatic carbocycles. The minimum atomic E-state index is -0.627. The number of anilines is 1. The van der Waals surface area contributed by atoms with Crippen LogP contribution >= 0.6 is 35.0 Å². The lowest BCUT2D eigenvalue weighted by Crippen LogP contribution is -2.36. The molecule has 10 heteroatoms. The molecule has 0 aromatic heterocycles. The van der Waals surface area contributed by atoms with Gasteiger partial charge < -0.3 is 10.1 Å². The summed E-state index contributed by atoms with van der Waals surface area (Å²) in [5, 5.41) is 2.53. The maximum absolute atomic E-state index is 13.0. The highest BCUT2D eigenvalue weighted by molar-refractivity contribution is 8.18. The van der Waals surface area contributed by atoms with Gasteiger partial charge in [0.1, 0.15) is 18.1 Å². The standard InChI is InChI=1S/C20H15Cl2FN2O4S/c1-2-29-18-11(7-12(21)9-15(18)22)8-16-19(27)25(20(28)30-16)10-17(26)24-14-5-3-13(23)4-6-14/h3-9H,2,10H2,1H3,(H,24,26)/b16-8-. The van der Waals surface area contributed by atoms with Crippen LogP contribution in [0.4, 0.5) is 14.9 Å². The number of rotatable bonds is 6. The van der Waals surface area contributed by atoms with E-state index in [1.807, 2.05) is 0 Å². The van der Waals surface area contributed by atoms with E-state index >= 15 is 0 Å². The number of nitrogens with zero attached hydrogens (tertiary/aromatic N) is 1. The molecule has 0 radical (unpaired) electrons. The number of hydrogen-bond donors (Lipinski definition) is 1. The van der Waals surface area contributed by atoms with Crippen LogP contribution in [0.1, 0.15) is 12.5 Å². The zero-order valence-corrected chi connectivity index (χ0v) is 17.9. The van der Waals surface area contributed by atoms with Gasteiger partial charge in [0.05, 0.1) is 16.5 Å². The van der Waals surface area contributed by atoms with Gasteiger partial charge in [-0.05, 0) is 61.2 Å². The highest BCUT2D eigenvalue weighted by atomic mass is 35.5. The van der Waals surface area contributed by atoms with Gasteiger partial charge in [-0.15, -0.1) is 0 Å². The predicted molar refractivity (Wildman–Crippen MR) is 115 cm³/mol. The van der Waals surface area contributed by atoms with Crippen LogP contribution < -0.4 is 10.1 Å².